The topological polar surface area (TPSA) is 63.9 Å². The van der Waals surface area contributed by atoms with Gasteiger partial charge in [-0.25, -0.2) is 4.98 Å². The lowest BCUT2D eigenvalue weighted by Crippen LogP contribution is -2.39. The Bertz CT molecular complexity index is 958. The van der Waals surface area contributed by atoms with Crippen LogP contribution >= 0.6 is 0 Å². The Balaban J connectivity index is 1.38. The number of likely N-dealkylation sites (tertiary alicyclic amines) is 1. The van der Waals surface area contributed by atoms with Crippen LogP contribution in [0.5, 0.6) is 0 Å². The molecule has 3 aromatic heterocycles. The van der Waals surface area contributed by atoms with E-state index in [1.807, 2.05) is 43.4 Å². The molecule has 4 heterocycles. The normalized spacial score (nSPS) is 15.0. The number of pyridine rings is 2. The van der Waals surface area contributed by atoms with Crippen molar-refractivity contribution in [2.45, 2.75) is 26.2 Å². The molecule has 0 atom stereocenters. The lowest BCUT2D eigenvalue weighted by atomic mass is 9.90. The van der Waals surface area contributed by atoms with Crippen LogP contribution in [0.3, 0.4) is 0 Å². The number of carbonyl (C=O) groups is 1. The molecule has 28 heavy (non-hydrogen) atoms. The minimum Gasteiger partial charge on any atom is -0.337 e. The second-order valence-corrected chi connectivity index (χ2v) is 7.45. The monoisotopic (exact) mass is 375 g/mol. The average molecular weight is 375 g/mol. The van der Waals surface area contributed by atoms with Gasteiger partial charge in [0.25, 0.3) is 5.91 Å². The number of hydrogen-bond donors (Lipinski definition) is 0. The summed E-state index contributed by atoms with van der Waals surface area (Å²) in [6.45, 7) is 3.57. The number of carbonyl (C=O) groups excluding carboxylic acids is 1. The van der Waals surface area contributed by atoms with Crippen molar-refractivity contribution >= 4 is 5.91 Å². The minimum atomic E-state index is 0.0387. The summed E-state index contributed by atoms with van der Waals surface area (Å²) in [5, 5.41) is 0. The summed E-state index contributed by atoms with van der Waals surface area (Å²) in [6, 6.07) is 9.74. The van der Waals surface area contributed by atoms with E-state index in [1.54, 1.807) is 12.3 Å². The average Bonchev–Trinajstić information content (AvgIpc) is 3.07. The number of imidazole rings is 1. The van der Waals surface area contributed by atoms with Crippen LogP contribution in [0, 0.1) is 12.8 Å². The molecule has 1 amide bonds. The first kappa shape index (κ1) is 18.3. The Labute approximate surface area is 165 Å². The van der Waals surface area contributed by atoms with Crippen LogP contribution in [0.1, 0.15) is 34.7 Å². The number of hydrogen-bond acceptors (Lipinski definition) is 4. The predicted octanol–water partition coefficient (Wildman–Crippen LogP) is 3.28. The smallest absolute Gasteiger partial charge is 0.272 e. The fraction of sp³-hybridized carbons (Fsp3) is 0.364. The molecule has 0 spiro atoms. The van der Waals surface area contributed by atoms with Gasteiger partial charge in [-0.15, -0.1) is 0 Å². The summed E-state index contributed by atoms with van der Waals surface area (Å²) in [5.74, 6) is 1.60. The fourth-order valence-corrected chi connectivity index (χ4v) is 3.81. The van der Waals surface area contributed by atoms with E-state index in [0.29, 0.717) is 11.6 Å². The van der Waals surface area contributed by atoms with Crippen LogP contribution in [0.25, 0.3) is 11.4 Å². The Kier molecular flexibility index (Phi) is 5.19. The standard InChI is InChI=1S/C22H25N5O/c1-16-25-15-21(26(16)2)20-14-18(6-10-24-20)13-17-7-11-27(12-8-17)22(28)19-5-3-4-9-23-19/h3-6,9-10,14-15,17H,7-8,11-13H2,1-2H3. The zero-order valence-corrected chi connectivity index (χ0v) is 16.4. The van der Waals surface area contributed by atoms with Gasteiger partial charge in [0.05, 0.1) is 17.6 Å². The molecule has 0 aliphatic carbocycles. The first-order chi connectivity index (χ1) is 13.6. The molecule has 1 fully saturated rings. The lowest BCUT2D eigenvalue weighted by Gasteiger charge is -2.32. The maximum Gasteiger partial charge on any atom is 0.272 e. The quantitative estimate of drug-likeness (QED) is 0.702. The molecule has 1 saturated heterocycles. The van der Waals surface area contributed by atoms with Crippen molar-refractivity contribution < 1.29 is 4.79 Å². The number of aryl methyl sites for hydroxylation is 1. The van der Waals surface area contributed by atoms with Gasteiger partial charge in [0.2, 0.25) is 0 Å². The summed E-state index contributed by atoms with van der Waals surface area (Å²) < 4.78 is 2.06. The van der Waals surface area contributed by atoms with Crippen molar-refractivity contribution in [3.05, 3.63) is 66.0 Å². The van der Waals surface area contributed by atoms with Gasteiger partial charge < -0.3 is 9.47 Å². The largest absolute Gasteiger partial charge is 0.337 e. The zero-order chi connectivity index (χ0) is 19.5. The van der Waals surface area contributed by atoms with Crippen molar-refractivity contribution in [2.24, 2.45) is 13.0 Å². The van der Waals surface area contributed by atoms with Gasteiger partial charge >= 0.3 is 0 Å². The highest BCUT2D eigenvalue weighted by atomic mass is 16.2. The summed E-state index contributed by atoms with van der Waals surface area (Å²) in [5.41, 5.74) is 3.82. The molecular weight excluding hydrogens is 350 g/mol. The van der Waals surface area contributed by atoms with Crippen molar-refractivity contribution in [2.75, 3.05) is 13.1 Å². The van der Waals surface area contributed by atoms with E-state index >= 15 is 0 Å². The maximum absolute atomic E-state index is 12.5. The summed E-state index contributed by atoms with van der Waals surface area (Å²) in [7, 11) is 2.01. The van der Waals surface area contributed by atoms with Crippen LogP contribution in [0.2, 0.25) is 0 Å². The first-order valence-corrected chi connectivity index (χ1v) is 9.76. The molecular formula is C22H25N5O. The highest BCUT2D eigenvalue weighted by molar-refractivity contribution is 5.92. The zero-order valence-electron chi connectivity index (χ0n) is 16.4. The minimum absolute atomic E-state index is 0.0387. The van der Waals surface area contributed by atoms with Crippen molar-refractivity contribution in [1.29, 1.82) is 0 Å². The third kappa shape index (κ3) is 3.81. The summed E-state index contributed by atoms with van der Waals surface area (Å²) >= 11 is 0. The Morgan fingerprint density at radius 2 is 1.93 bits per heavy atom. The van der Waals surface area contributed by atoms with E-state index in [1.165, 1.54) is 5.56 Å². The molecule has 0 aromatic carbocycles. The molecule has 0 radical (unpaired) electrons. The molecule has 1 aliphatic rings. The van der Waals surface area contributed by atoms with E-state index in [4.69, 9.17) is 0 Å². The SMILES string of the molecule is Cc1ncc(-c2cc(CC3CCN(C(=O)c4ccccn4)CC3)ccn2)n1C. The van der Waals surface area contributed by atoms with Crippen molar-refractivity contribution in [1.82, 2.24) is 24.4 Å². The number of piperidine rings is 1. The summed E-state index contributed by atoms with van der Waals surface area (Å²) in [4.78, 5) is 27.5. The van der Waals surface area contributed by atoms with E-state index in [2.05, 4.69) is 31.7 Å². The number of aromatic nitrogens is 4. The van der Waals surface area contributed by atoms with Gasteiger partial charge in [-0.05, 0) is 61.9 Å². The maximum atomic E-state index is 12.5. The van der Waals surface area contributed by atoms with E-state index in [0.717, 1.165) is 49.6 Å². The van der Waals surface area contributed by atoms with Gasteiger partial charge in [0, 0.05) is 32.5 Å². The first-order valence-electron chi connectivity index (χ1n) is 9.76. The molecule has 6 nitrogen and oxygen atoms in total. The highest BCUT2D eigenvalue weighted by Crippen LogP contribution is 2.25. The second kappa shape index (κ2) is 7.92. The van der Waals surface area contributed by atoms with Crippen molar-refractivity contribution in [3.8, 4) is 11.4 Å². The molecule has 0 unspecified atom stereocenters. The number of nitrogens with zero attached hydrogens (tertiary/aromatic N) is 5. The molecule has 1 aliphatic heterocycles. The molecule has 4 rings (SSSR count). The van der Waals surface area contributed by atoms with E-state index < -0.39 is 0 Å². The third-order valence-corrected chi connectivity index (χ3v) is 5.62. The molecule has 0 N–H and O–H groups in total. The molecule has 0 bridgehead atoms. The van der Waals surface area contributed by atoms with Gasteiger partial charge in [0.15, 0.2) is 0 Å². The van der Waals surface area contributed by atoms with Crippen LogP contribution in [-0.4, -0.2) is 43.4 Å². The molecule has 144 valence electrons. The Hall–Kier alpha value is -3.02. The Morgan fingerprint density at radius 3 is 2.61 bits per heavy atom. The van der Waals surface area contributed by atoms with Gasteiger partial charge in [-0.1, -0.05) is 6.07 Å². The van der Waals surface area contributed by atoms with Crippen molar-refractivity contribution in [3.63, 3.8) is 0 Å². The van der Waals surface area contributed by atoms with Crippen LogP contribution in [0.4, 0.5) is 0 Å². The van der Waals surface area contributed by atoms with Crippen LogP contribution < -0.4 is 0 Å². The molecule has 6 heteroatoms. The number of amides is 1. The summed E-state index contributed by atoms with van der Waals surface area (Å²) in [6.07, 6.45) is 8.47. The van der Waals surface area contributed by atoms with Gasteiger partial charge in [0.1, 0.15) is 11.5 Å². The van der Waals surface area contributed by atoms with Crippen LogP contribution in [0.15, 0.2) is 48.9 Å². The number of rotatable bonds is 4. The van der Waals surface area contributed by atoms with E-state index in [-0.39, 0.29) is 5.91 Å². The van der Waals surface area contributed by atoms with Gasteiger partial charge in [-0.2, -0.15) is 0 Å². The third-order valence-electron chi connectivity index (χ3n) is 5.62. The molecule has 0 saturated carbocycles. The van der Waals surface area contributed by atoms with E-state index in [9.17, 15) is 4.79 Å². The Morgan fingerprint density at radius 1 is 1.11 bits per heavy atom. The van der Waals surface area contributed by atoms with Crippen LogP contribution in [-0.2, 0) is 13.5 Å². The highest BCUT2D eigenvalue weighted by Gasteiger charge is 2.24. The fourth-order valence-electron chi connectivity index (χ4n) is 3.81. The molecule has 3 aromatic rings. The van der Waals surface area contributed by atoms with Gasteiger partial charge in [-0.3, -0.25) is 14.8 Å². The predicted molar refractivity (Wildman–Crippen MR) is 108 cm³/mol. The second-order valence-electron chi connectivity index (χ2n) is 7.45. The lowest BCUT2D eigenvalue weighted by molar-refractivity contribution is 0.0684.